The number of alkyl halides is 1. The van der Waals surface area contributed by atoms with E-state index in [0.717, 1.165) is 24.0 Å². The van der Waals surface area contributed by atoms with Gasteiger partial charge in [-0.15, -0.1) is 0 Å². The van der Waals surface area contributed by atoms with Gasteiger partial charge in [-0.05, 0) is 24.1 Å². The maximum atomic E-state index is 11.6. The summed E-state index contributed by atoms with van der Waals surface area (Å²) in [4.78, 5) is 13.8. The van der Waals surface area contributed by atoms with E-state index in [1.165, 1.54) is 5.56 Å². The Bertz CT molecular complexity index is 394. The SMILES string of the molecule is O=C1CC(Br)CN1CCc1cccc(Br)c1. The van der Waals surface area contributed by atoms with Gasteiger partial charge >= 0.3 is 0 Å². The Labute approximate surface area is 112 Å². The predicted octanol–water partition coefficient (Wildman–Crippen LogP) is 2.99. The molecule has 86 valence electrons. The first-order valence-electron chi connectivity index (χ1n) is 5.31. The number of carbonyl (C=O) groups is 1. The molecule has 1 atom stereocenters. The zero-order valence-corrected chi connectivity index (χ0v) is 12.0. The number of benzene rings is 1. The molecule has 0 radical (unpaired) electrons. The zero-order chi connectivity index (χ0) is 11.5. The van der Waals surface area contributed by atoms with Gasteiger partial charge in [-0.25, -0.2) is 0 Å². The van der Waals surface area contributed by atoms with Crippen LogP contribution in [0, 0.1) is 0 Å². The summed E-state index contributed by atoms with van der Waals surface area (Å²) >= 11 is 6.94. The molecule has 1 fully saturated rings. The molecule has 1 saturated heterocycles. The van der Waals surface area contributed by atoms with Crippen molar-refractivity contribution in [1.82, 2.24) is 4.90 Å². The summed E-state index contributed by atoms with van der Waals surface area (Å²) in [5, 5.41) is 0. The third-order valence-electron chi connectivity index (χ3n) is 2.73. The summed E-state index contributed by atoms with van der Waals surface area (Å²) in [6.45, 7) is 1.66. The maximum Gasteiger partial charge on any atom is 0.223 e. The molecule has 0 N–H and O–H groups in total. The molecule has 0 saturated carbocycles. The van der Waals surface area contributed by atoms with Gasteiger partial charge in [0.05, 0.1) is 0 Å². The fraction of sp³-hybridized carbons (Fsp3) is 0.417. The maximum absolute atomic E-state index is 11.6. The van der Waals surface area contributed by atoms with Gasteiger partial charge in [0.25, 0.3) is 0 Å². The van der Waals surface area contributed by atoms with E-state index in [9.17, 15) is 4.79 Å². The van der Waals surface area contributed by atoms with E-state index in [1.807, 2.05) is 17.0 Å². The molecular weight excluding hydrogens is 334 g/mol. The van der Waals surface area contributed by atoms with Crippen LogP contribution in [0.15, 0.2) is 28.7 Å². The van der Waals surface area contributed by atoms with Crippen molar-refractivity contribution < 1.29 is 4.79 Å². The Hall–Kier alpha value is -0.350. The lowest BCUT2D eigenvalue weighted by Gasteiger charge is -2.15. The molecule has 0 aliphatic carbocycles. The van der Waals surface area contributed by atoms with E-state index in [0.29, 0.717) is 11.2 Å². The van der Waals surface area contributed by atoms with Crippen LogP contribution in [0.5, 0.6) is 0 Å². The molecule has 16 heavy (non-hydrogen) atoms. The molecule has 1 aliphatic rings. The molecule has 1 heterocycles. The first-order chi connectivity index (χ1) is 7.65. The molecule has 1 amide bonds. The topological polar surface area (TPSA) is 20.3 Å². The van der Waals surface area contributed by atoms with Crippen LogP contribution in [0.4, 0.5) is 0 Å². The Kier molecular flexibility index (Phi) is 4.03. The van der Waals surface area contributed by atoms with Gasteiger partial charge in [-0.2, -0.15) is 0 Å². The first-order valence-corrected chi connectivity index (χ1v) is 7.02. The van der Waals surface area contributed by atoms with Crippen LogP contribution in [-0.2, 0) is 11.2 Å². The van der Waals surface area contributed by atoms with Crippen molar-refractivity contribution in [3.63, 3.8) is 0 Å². The molecule has 1 unspecified atom stereocenters. The van der Waals surface area contributed by atoms with Gasteiger partial charge in [0.15, 0.2) is 0 Å². The van der Waals surface area contributed by atoms with Crippen LogP contribution in [0.2, 0.25) is 0 Å². The highest BCUT2D eigenvalue weighted by molar-refractivity contribution is 9.10. The lowest BCUT2D eigenvalue weighted by atomic mass is 10.1. The monoisotopic (exact) mass is 345 g/mol. The average Bonchev–Trinajstić information content (AvgIpc) is 2.54. The Morgan fingerprint density at radius 2 is 2.25 bits per heavy atom. The molecule has 2 nitrogen and oxygen atoms in total. The smallest absolute Gasteiger partial charge is 0.223 e. The number of hydrogen-bond acceptors (Lipinski definition) is 1. The average molecular weight is 347 g/mol. The molecule has 0 aromatic heterocycles. The Morgan fingerprint density at radius 1 is 1.44 bits per heavy atom. The minimum Gasteiger partial charge on any atom is -0.341 e. The van der Waals surface area contributed by atoms with Crippen molar-refractivity contribution >= 4 is 37.8 Å². The molecule has 0 bridgehead atoms. The number of carbonyl (C=O) groups excluding carboxylic acids is 1. The summed E-state index contributed by atoms with van der Waals surface area (Å²) in [6, 6.07) is 8.24. The van der Waals surface area contributed by atoms with Crippen LogP contribution in [-0.4, -0.2) is 28.7 Å². The molecule has 2 rings (SSSR count). The highest BCUT2D eigenvalue weighted by Gasteiger charge is 2.26. The van der Waals surface area contributed by atoms with Gasteiger partial charge in [0.1, 0.15) is 0 Å². The number of halogens is 2. The third kappa shape index (κ3) is 3.08. The zero-order valence-electron chi connectivity index (χ0n) is 8.83. The van der Waals surface area contributed by atoms with Crippen molar-refractivity contribution in [2.45, 2.75) is 17.7 Å². The van der Waals surface area contributed by atoms with Crippen molar-refractivity contribution in [2.75, 3.05) is 13.1 Å². The van der Waals surface area contributed by atoms with E-state index < -0.39 is 0 Å². The molecule has 0 spiro atoms. The van der Waals surface area contributed by atoms with Gasteiger partial charge in [-0.3, -0.25) is 4.79 Å². The predicted molar refractivity (Wildman–Crippen MR) is 71.8 cm³/mol. The number of amides is 1. The fourth-order valence-electron chi connectivity index (χ4n) is 1.90. The molecule has 1 aromatic rings. The van der Waals surface area contributed by atoms with Crippen molar-refractivity contribution in [3.8, 4) is 0 Å². The second kappa shape index (κ2) is 5.32. The highest BCUT2D eigenvalue weighted by Crippen LogP contribution is 2.19. The van der Waals surface area contributed by atoms with E-state index in [4.69, 9.17) is 0 Å². The van der Waals surface area contributed by atoms with Gasteiger partial charge < -0.3 is 4.90 Å². The number of rotatable bonds is 3. The quantitative estimate of drug-likeness (QED) is 0.770. The summed E-state index contributed by atoms with van der Waals surface area (Å²) in [7, 11) is 0. The summed E-state index contributed by atoms with van der Waals surface area (Å²) in [6.07, 6.45) is 1.56. The second-order valence-corrected chi connectivity index (χ2v) is 6.23. The Morgan fingerprint density at radius 3 is 2.88 bits per heavy atom. The van der Waals surface area contributed by atoms with Crippen LogP contribution in [0.25, 0.3) is 0 Å². The minimum atomic E-state index is 0.261. The lowest BCUT2D eigenvalue weighted by Crippen LogP contribution is -2.27. The number of nitrogens with zero attached hydrogens (tertiary/aromatic N) is 1. The Balaban J connectivity index is 1.90. The highest BCUT2D eigenvalue weighted by atomic mass is 79.9. The van der Waals surface area contributed by atoms with Crippen LogP contribution in [0.3, 0.4) is 0 Å². The van der Waals surface area contributed by atoms with Gasteiger partial charge in [0.2, 0.25) is 5.91 Å². The summed E-state index contributed by atoms with van der Waals surface area (Å²) in [5.41, 5.74) is 1.26. The standard InChI is InChI=1S/C12H13Br2NO/c13-10-3-1-2-9(6-10)4-5-15-8-11(14)7-12(15)16/h1-3,6,11H,4-5,7-8H2. The van der Waals surface area contributed by atoms with E-state index in [-0.39, 0.29) is 5.91 Å². The van der Waals surface area contributed by atoms with Crippen LogP contribution >= 0.6 is 31.9 Å². The van der Waals surface area contributed by atoms with Crippen LogP contribution in [0.1, 0.15) is 12.0 Å². The molecule has 1 aliphatic heterocycles. The second-order valence-electron chi connectivity index (χ2n) is 4.02. The molecule has 4 heteroatoms. The molecule has 1 aromatic carbocycles. The normalized spacial score (nSPS) is 20.5. The van der Waals surface area contributed by atoms with Gasteiger partial charge in [0, 0.05) is 28.8 Å². The first kappa shape index (κ1) is 12.1. The van der Waals surface area contributed by atoms with E-state index >= 15 is 0 Å². The van der Waals surface area contributed by atoms with Gasteiger partial charge in [-0.1, -0.05) is 44.0 Å². The summed E-state index contributed by atoms with van der Waals surface area (Å²) < 4.78 is 1.09. The molecular formula is C12H13Br2NO. The fourth-order valence-corrected chi connectivity index (χ4v) is 2.97. The van der Waals surface area contributed by atoms with Crippen molar-refractivity contribution in [2.24, 2.45) is 0 Å². The third-order valence-corrected chi connectivity index (χ3v) is 3.83. The van der Waals surface area contributed by atoms with Crippen molar-refractivity contribution in [1.29, 1.82) is 0 Å². The van der Waals surface area contributed by atoms with Crippen LogP contribution < -0.4 is 0 Å². The minimum absolute atomic E-state index is 0.261. The summed E-state index contributed by atoms with van der Waals surface area (Å²) in [5.74, 6) is 0.261. The largest absolute Gasteiger partial charge is 0.341 e. The van der Waals surface area contributed by atoms with E-state index in [2.05, 4.69) is 44.0 Å². The van der Waals surface area contributed by atoms with Crippen molar-refractivity contribution in [3.05, 3.63) is 34.3 Å². The number of hydrogen-bond donors (Lipinski definition) is 0. The lowest BCUT2D eigenvalue weighted by molar-refractivity contribution is -0.127. The van der Waals surface area contributed by atoms with E-state index in [1.54, 1.807) is 0 Å². The number of likely N-dealkylation sites (tertiary alicyclic amines) is 1.